The lowest BCUT2D eigenvalue weighted by atomic mass is 9.95. The van der Waals surface area contributed by atoms with E-state index in [4.69, 9.17) is 0 Å². The van der Waals surface area contributed by atoms with Crippen molar-refractivity contribution in [1.82, 2.24) is 20.0 Å². The summed E-state index contributed by atoms with van der Waals surface area (Å²) in [4.78, 5) is 26.7. The van der Waals surface area contributed by atoms with Gasteiger partial charge in [-0.2, -0.15) is 5.10 Å². The molecule has 2 heterocycles. The molecule has 0 aliphatic carbocycles. The maximum atomic E-state index is 13.5. The molecule has 4 rings (SSSR count). The second-order valence-corrected chi connectivity index (χ2v) is 8.68. The van der Waals surface area contributed by atoms with Gasteiger partial charge in [0.25, 0.3) is 11.5 Å². The predicted octanol–water partition coefficient (Wildman–Crippen LogP) is 5.12. The van der Waals surface area contributed by atoms with Crippen LogP contribution < -0.4 is 10.9 Å². The number of hydrogen-bond donors (Lipinski definition) is 1. The Kier molecular flexibility index (Phi) is 6.74. The van der Waals surface area contributed by atoms with Crippen LogP contribution in [0.4, 0.5) is 5.13 Å². The molecule has 0 radical (unpaired) electrons. The molecule has 8 heteroatoms. The number of aryl methyl sites for hydroxylation is 1. The zero-order chi connectivity index (χ0) is 23.4. The molecule has 168 valence electrons. The average Bonchev–Trinajstić information content (AvgIpc) is 3.30. The van der Waals surface area contributed by atoms with E-state index in [0.29, 0.717) is 22.3 Å². The first-order valence-electron chi connectivity index (χ1n) is 10.9. The van der Waals surface area contributed by atoms with Crippen LogP contribution in [-0.4, -0.2) is 25.9 Å². The molecule has 4 aromatic rings. The molecule has 0 bridgehead atoms. The molecule has 0 aliphatic heterocycles. The Morgan fingerprint density at radius 1 is 0.970 bits per heavy atom. The number of rotatable bonds is 7. The number of nitrogens with zero attached hydrogens (tertiary/aromatic N) is 4. The lowest BCUT2D eigenvalue weighted by molar-refractivity contribution is 0.102. The van der Waals surface area contributed by atoms with Crippen LogP contribution in [0.2, 0.25) is 0 Å². The summed E-state index contributed by atoms with van der Waals surface area (Å²) in [6, 6.07) is 18.9. The van der Waals surface area contributed by atoms with Crippen molar-refractivity contribution in [3.05, 3.63) is 81.6 Å². The van der Waals surface area contributed by atoms with Crippen molar-refractivity contribution in [3.8, 4) is 22.4 Å². The molecule has 0 saturated carbocycles. The first kappa shape index (κ1) is 22.5. The van der Waals surface area contributed by atoms with E-state index in [9.17, 15) is 9.59 Å². The van der Waals surface area contributed by atoms with Crippen molar-refractivity contribution in [1.29, 1.82) is 0 Å². The lowest BCUT2D eigenvalue weighted by Crippen LogP contribution is -2.31. The summed E-state index contributed by atoms with van der Waals surface area (Å²) in [5, 5.41) is 17.0. The Morgan fingerprint density at radius 3 is 2.18 bits per heavy atom. The minimum absolute atomic E-state index is 0.0248. The van der Waals surface area contributed by atoms with Crippen molar-refractivity contribution in [2.24, 2.45) is 7.05 Å². The summed E-state index contributed by atoms with van der Waals surface area (Å²) in [6.45, 7) is 4.21. The molecule has 33 heavy (non-hydrogen) atoms. The summed E-state index contributed by atoms with van der Waals surface area (Å²) in [6.07, 6.45) is 1.89. The fraction of sp³-hybridized carbons (Fsp3) is 0.240. The van der Waals surface area contributed by atoms with Crippen LogP contribution in [0.3, 0.4) is 0 Å². The van der Waals surface area contributed by atoms with Crippen LogP contribution >= 0.6 is 11.3 Å². The third-order valence-electron chi connectivity index (χ3n) is 5.58. The predicted molar refractivity (Wildman–Crippen MR) is 132 cm³/mol. The molecule has 7 nitrogen and oxygen atoms in total. The maximum absolute atomic E-state index is 13.5. The summed E-state index contributed by atoms with van der Waals surface area (Å²) in [5.41, 5.74) is 2.15. The van der Waals surface area contributed by atoms with Gasteiger partial charge in [0.15, 0.2) is 0 Å². The molecule has 0 aliphatic rings. The Balaban J connectivity index is 1.85. The lowest BCUT2D eigenvalue weighted by Gasteiger charge is -2.15. The Labute approximate surface area is 196 Å². The van der Waals surface area contributed by atoms with Gasteiger partial charge in [0, 0.05) is 24.1 Å². The van der Waals surface area contributed by atoms with Crippen molar-refractivity contribution in [2.75, 3.05) is 5.32 Å². The summed E-state index contributed by atoms with van der Waals surface area (Å²) >= 11 is 1.35. The molecule has 2 aromatic carbocycles. The van der Waals surface area contributed by atoms with Crippen molar-refractivity contribution >= 4 is 22.4 Å². The zero-order valence-electron chi connectivity index (χ0n) is 18.8. The van der Waals surface area contributed by atoms with Gasteiger partial charge in [-0.3, -0.25) is 14.9 Å². The van der Waals surface area contributed by atoms with Crippen molar-refractivity contribution in [3.63, 3.8) is 0 Å². The van der Waals surface area contributed by atoms with Crippen molar-refractivity contribution < 1.29 is 4.79 Å². The first-order chi connectivity index (χ1) is 16.0. The molecule has 0 atom stereocenters. The second kappa shape index (κ2) is 9.87. The highest BCUT2D eigenvalue weighted by Gasteiger charge is 2.25. The van der Waals surface area contributed by atoms with Gasteiger partial charge in [-0.15, -0.1) is 10.2 Å². The van der Waals surface area contributed by atoms with Crippen LogP contribution in [0.1, 0.15) is 48.0 Å². The van der Waals surface area contributed by atoms with Gasteiger partial charge < -0.3 is 0 Å². The van der Waals surface area contributed by atoms with Crippen LogP contribution in [0.15, 0.2) is 65.5 Å². The first-order valence-corrected chi connectivity index (χ1v) is 11.7. The molecule has 1 N–H and O–H groups in total. The van der Waals surface area contributed by atoms with Gasteiger partial charge in [-0.25, -0.2) is 4.68 Å². The monoisotopic (exact) mass is 459 g/mol. The smallest absolute Gasteiger partial charge is 0.280 e. The number of amides is 1. The van der Waals surface area contributed by atoms with Gasteiger partial charge >= 0.3 is 0 Å². The molecular weight excluding hydrogens is 434 g/mol. The van der Waals surface area contributed by atoms with E-state index in [1.54, 1.807) is 7.05 Å². The number of benzene rings is 2. The standard InChI is InChI=1S/C25H25N5O2S/c1-4-16(5-2)23-27-28-25(33-23)26-22(31)20-19(17-12-8-6-9-13-17)21(29-30(3)24(20)32)18-14-10-7-11-15-18/h6-16H,4-5H2,1-3H3,(H,26,28,31). The Morgan fingerprint density at radius 2 is 1.58 bits per heavy atom. The molecule has 0 spiro atoms. The highest BCUT2D eigenvalue weighted by atomic mass is 32.1. The van der Waals surface area contributed by atoms with Crippen LogP contribution in [0, 0.1) is 0 Å². The van der Waals surface area contributed by atoms with Crippen molar-refractivity contribution in [2.45, 2.75) is 32.6 Å². The van der Waals surface area contributed by atoms with E-state index >= 15 is 0 Å². The highest BCUT2D eigenvalue weighted by molar-refractivity contribution is 7.15. The third-order valence-corrected chi connectivity index (χ3v) is 6.58. The molecule has 0 fully saturated rings. The SMILES string of the molecule is CCC(CC)c1nnc(NC(=O)c2c(-c3ccccc3)c(-c3ccccc3)nn(C)c2=O)s1. The second-order valence-electron chi connectivity index (χ2n) is 7.67. The van der Waals surface area contributed by atoms with E-state index in [-0.39, 0.29) is 5.56 Å². The summed E-state index contributed by atoms with van der Waals surface area (Å²) in [7, 11) is 1.55. The minimum atomic E-state index is -0.527. The van der Waals surface area contributed by atoms with E-state index in [1.807, 2.05) is 60.7 Å². The Hall–Kier alpha value is -3.65. The van der Waals surface area contributed by atoms with Gasteiger partial charge in [-0.05, 0) is 18.4 Å². The van der Waals surface area contributed by atoms with E-state index in [0.717, 1.165) is 29.0 Å². The maximum Gasteiger partial charge on any atom is 0.280 e. The number of nitrogens with one attached hydrogen (secondary N) is 1. The third kappa shape index (κ3) is 4.61. The van der Waals surface area contributed by atoms with E-state index in [1.165, 1.54) is 16.0 Å². The molecule has 0 unspecified atom stereocenters. The van der Waals surface area contributed by atoms with E-state index in [2.05, 4.69) is 34.5 Å². The zero-order valence-corrected chi connectivity index (χ0v) is 19.6. The average molecular weight is 460 g/mol. The minimum Gasteiger partial charge on any atom is -0.296 e. The van der Waals surface area contributed by atoms with Crippen LogP contribution in [-0.2, 0) is 7.05 Å². The molecule has 1 amide bonds. The number of carbonyl (C=O) groups excluding carboxylic acids is 1. The number of aromatic nitrogens is 4. The largest absolute Gasteiger partial charge is 0.296 e. The fourth-order valence-electron chi connectivity index (χ4n) is 3.77. The van der Waals surface area contributed by atoms with Gasteiger partial charge in [0.1, 0.15) is 10.6 Å². The topological polar surface area (TPSA) is 89.8 Å². The van der Waals surface area contributed by atoms with Crippen LogP contribution in [0.25, 0.3) is 22.4 Å². The number of anilines is 1. The van der Waals surface area contributed by atoms with Gasteiger partial charge in [0.2, 0.25) is 5.13 Å². The normalized spacial score (nSPS) is 11.0. The van der Waals surface area contributed by atoms with Gasteiger partial charge in [0.05, 0.1) is 5.69 Å². The number of hydrogen-bond acceptors (Lipinski definition) is 6. The van der Waals surface area contributed by atoms with E-state index < -0.39 is 11.5 Å². The van der Waals surface area contributed by atoms with Gasteiger partial charge in [-0.1, -0.05) is 85.8 Å². The molecule has 2 aromatic heterocycles. The van der Waals surface area contributed by atoms with Crippen LogP contribution in [0.5, 0.6) is 0 Å². The highest BCUT2D eigenvalue weighted by Crippen LogP contribution is 2.33. The quantitative estimate of drug-likeness (QED) is 0.414. The molecule has 0 saturated heterocycles. The fourth-order valence-corrected chi connectivity index (χ4v) is 4.78. The summed E-state index contributed by atoms with van der Waals surface area (Å²) in [5.74, 6) is -0.229. The summed E-state index contributed by atoms with van der Waals surface area (Å²) < 4.78 is 1.21. The molecular formula is C25H25N5O2S. The number of carbonyl (C=O) groups is 1. The Bertz CT molecular complexity index is 1310.